The highest BCUT2D eigenvalue weighted by molar-refractivity contribution is 7.99. The first-order chi connectivity index (χ1) is 11.7. The van der Waals surface area contributed by atoms with Crippen molar-refractivity contribution in [2.75, 3.05) is 18.1 Å². The van der Waals surface area contributed by atoms with Gasteiger partial charge in [-0.2, -0.15) is 0 Å². The number of hydrogen-bond acceptors (Lipinski definition) is 5. The molecule has 1 aromatic carbocycles. The molecule has 0 unspecified atom stereocenters. The van der Waals surface area contributed by atoms with E-state index >= 15 is 0 Å². The molecule has 2 heterocycles. The van der Waals surface area contributed by atoms with Crippen LogP contribution in [-0.2, 0) is 6.42 Å². The summed E-state index contributed by atoms with van der Waals surface area (Å²) in [4.78, 5) is 18.6. The molecule has 128 valence electrons. The molecule has 0 spiro atoms. The molecular weight excluding hydrogens is 340 g/mol. The highest BCUT2D eigenvalue weighted by atomic mass is 32.2. The summed E-state index contributed by atoms with van der Waals surface area (Å²) < 4.78 is 7.26. The van der Waals surface area contributed by atoms with E-state index in [0.29, 0.717) is 6.61 Å². The monoisotopic (exact) mass is 362 g/mol. The third-order valence-electron chi connectivity index (χ3n) is 3.80. The van der Waals surface area contributed by atoms with Crippen LogP contribution in [0.5, 0.6) is 5.75 Å². The maximum absolute atomic E-state index is 13.0. The van der Waals surface area contributed by atoms with Crippen LogP contribution in [0.15, 0.2) is 39.1 Å². The number of aryl methyl sites for hydroxylation is 1. The highest BCUT2D eigenvalue weighted by Gasteiger charge is 2.22. The van der Waals surface area contributed by atoms with Gasteiger partial charge in [0.05, 0.1) is 22.9 Å². The van der Waals surface area contributed by atoms with E-state index in [-0.39, 0.29) is 5.56 Å². The number of thioether (sulfide) groups is 2. The summed E-state index contributed by atoms with van der Waals surface area (Å²) in [6.07, 6.45) is 3.15. The van der Waals surface area contributed by atoms with Crippen LogP contribution in [0.3, 0.4) is 0 Å². The Morgan fingerprint density at radius 2 is 2.08 bits per heavy atom. The smallest absolute Gasteiger partial charge is 0.272 e. The molecule has 1 aliphatic rings. The average molecular weight is 363 g/mol. The van der Waals surface area contributed by atoms with Crippen molar-refractivity contribution in [3.8, 4) is 11.4 Å². The topological polar surface area (TPSA) is 44.1 Å². The van der Waals surface area contributed by atoms with Gasteiger partial charge in [0.25, 0.3) is 5.56 Å². The molecular formula is C18H22N2O2S2. The average Bonchev–Trinajstić information content (AvgIpc) is 3.06. The van der Waals surface area contributed by atoms with Gasteiger partial charge in [0.15, 0.2) is 5.16 Å². The second-order valence-electron chi connectivity index (χ2n) is 5.54. The lowest BCUT2D eigenvalue weighted by atomic mass is 10.3. The summed E-state index contributed by atoms with van der Waals surface area (Å²) in [5.74, 6) is 2.74. The third kappa shape index (κ3) is 3.64. The fraction of sp³-hybridized carbons (Fsp3) is 0.444. The quantitative estimate of drug-likeness (QED) is 0.420. The summed E-state index contributed by atoms with van der Waals surface area (Å²) in [7, 11) is 0. The van der Waals surface area contributed by atoms with Gasteiger partial charge >= 0.3 is 0 Å². The Kier molecular flexibility index (Phi) is 5.89. The highest BCUT2D eigenvalue weighted by Crippen LogP contribution is 2.30. The zero-order chi connectivity index (χ0) is 16.9. The number of fused-ring (bicyclic) bond motifs is 1. The van der Waals surface area contributed by atoms with Crippen LogP contribution < -0.4 is 10.3 Å². The van der Waals surface area contributed by atoms with Crippen LogP contribution in [0.4, 0.5) is 0 Å². The first kappa shape index (κ1) is 17.4. The fourth-order valence-electron chi connectivity index (χ4n) is 2.58. The van der Waals surface area contributed by atoms with E-state index in [2.05, 4.69) is 6.92 Å². The fourth-order valence-corrected chi connectivity index (χ4v) is 4.72. The van der Waals surface area contributed by atoms with Crippen molar-refractivity contribution in [3.05, 3.63) is 40.3 Å². The van der Waals surface area contributed by atoms with E-state index in [1.807, 2.05) is 31.2 Å². The lowest BCUT2D eigenvalue weighted by Crippen LogP contribution is -2.23. The zero-order valence-electron chi connectivity index (χ0n) is 14.1. The predicted molar refractivity (Wildman–Crippen MR) is 101 cm³/mol. The molecule has 0 saturated heterocycles. The molecule has 0 N–H and O–H groups in total. The summed E-state index contributed by atoms with van der Waals surface area (Å²) in [5.41, 5.74) is 1.88. The minimum Gasteiger partial charge on any atom is -0.494 e. The van der Waals surface area contributed by atoms with Gasteiger partial charge in [0.1, 0.15) is 5.75 Å². The van der Waals surface area contributed by atoms with Gasteiger partial charge in [-0.1, -0.05) is 25.1 Å². The van der Waals surface area contributed by atoms with Crippen molar-refractivity contribution in [1.82, 2.24) is 9.55 Å². The molecule has 1 aromatic heterocycles. The Bertz CT molecular complexity index is 757. The molecule has 0 aliphatic carbocycles. The third-order valence-corrected chi connectivity index (χ3v) is 5.93. The Labute approximate surface area is 151 Å². The first-order valence-corrected chi connectivity index (χ1v) is 10.4. The number of ether oxygens (including phenoxy) is 1. The van der Waals surface area contributed by atoms with Gasteiger partial charge in [-0.15, -0.1) is 11.8 Å². The molecule has 6 heteroatoms. The summed E-state index contributed by atoms with van der Waals surface area (Å²) >= 11 is 3.29. The number of rotatable bonds is 7. The predicted octanol–water partition coefficient (Wildman–Crippen LogP) is 4.17. The van der Waals surface area contributed by atoms with E-state index in [1.165, 1.54) is 0 Å². The van der Waals surface area contributed by atoms with Gasteiger partial charge in [-0.25, -0.2) is 4.98 Å². The molecule has 0 saturated carbocycles. The van der Waals surface area contributed by atoms with Crippen molar-refractivity contribution in [2.45, 2.75) is 43.2 Å². The maximum atomic E-state index is 13.0. The van der Waals surface area contributed by atoms with Crippen molar-refractivity contribution in [2.24, 2.45) is 0 Å². The van der Waals surface area contributed by atoms with Gasteiger partial charge in [0.2, 0.25) is 0 Å². The van der Waals surface area contributed by atoms with E-state index in [1.54, 1.807) is 28.1 Å². The molecule has 2 aromatic rings. The largest absolute Gasteiger partial charge is 0.494 e. The minimum atomic E-state index is 0.0608. The lowest BCUT2D eigenvalue weighted by molar-refractivity contribution is 0.340. The normalized spacial score (nSPS) is 13.1. The molecule has 4 nitrogen and oxygen atoms in total. The molecule has 0 atom stereocenters. The van der Waals surface area contributed by atoms with E-state index in [0.717, 1.165) is 58.0 Å². The number of unbranched alkanes of at least 4 members (excludes halogenated alkanes) is 1. The molecule has 0 radical (unpaired) electrons. The number of nitrogens with zero attached hydrogens (tertiary/aromatic N) is 2. The standard InChI is InChI=1S/C18H22N2O2S2/c1-3-5-11-24-18-19-15-10-12-23-16(15)17(21)20(18)13-6-8-14(9-7-13)22-4-2/h6-9H,3-5,10-12H2,1-2H3. The number of benzene rings is 1. The SMILES string of the molecule is CCCCSc1nc2c(c(=O)n1-c1ccc(OCC)cc1)SCC2. The summed E-state index contributed by atoms with van der Waals surface area (Å²) in [5, 5.41) is 0.804. The molecule has 1 aliphatic heterocycles. The maximum Gasteiger partial charge on any atom is 0.272 e. The van der Waals surface area contributed by atoms with Gasteiger partial charge in [-0.05, 0) is 37.6 Å². The van der Waals surface area contributed by atoms with Crippen molar-refractivity contribution in [1.29, 1.82) is 0 Å². The second kappa shape index (κ2) is 8.12. The molecule has 3 rings (SSSR count). The van der Waals surface area contributed by atoms with Gasteiger partial charge < -0.3 is 4.74 Å². The van der Waals surface area contributed by atoms with E-state index < -0.39 is 0 Å². The molecule has 0 fully saturated rings. The van der Waals surface area contributed by atoms with Gasteiger partial charge in [-0.3, -0.25) is 9.36 Å². The Hall–Kier alpha value is -1.40. The minimum absolute atomic E-state index is 0.0608. The molecule has 0 amide bonds. The Morgan fingerprint density at radius 1 is 1.29 bits per heavy atom. The van der Waals surface area contributed by atoms with Crippen molar-refractivity contribution >= 4 is 23.5 Å². The Morgan fingerprint density at radius 3 is 2.79 bits per heavy atom. The number of hydrogen-bond donors (Lipinski definition) is 0. The van der Waals surface area contributed by atoms with Crippen LogP contribution >= 0.6 is 23.5 Å². The Balaban J connectivity index is 2.02. The second-order valence-corrected chi connectivity index (χ2v) is 7.71. The number of aromatic nitrogens is 2. The zero-order valence-corrected chi connectivity index (χ0v) is 15.7. The van der Waals surface area contributed by atoms with Gasteiger partial charge in [0, 0.05) is 17.9 Å². The lowest BCUT2D eigenvalue weighted by Gasteiger charge is -2.14. The van der Waals surface area contributed by atoms with Crippen molar-refractivity contribution in [3.63, 3.8) is 0 Å². The van der Waals surface area contributed by atoms with Crippen LogP contribution in [0.2, 0.25) is 0 Å². The van der Waals surface area contributed by atoms with Crippen molar-refractivity contribution < 1.29 is 4.74 Å². The molecule has 24 heavy (non-hydrogen) atoms. The first-order valence-electron chi connectivity index (χ1n) is 8.39. The summed E-state index contributed by atoms with van der Waals surface area (Å²) in [6, 6.07) is 7.69. The van der Waals surface area contributed by atoms with Crippen LogP contribution in [0.1, 0.15) is 32.4 Å². The van der Waals surface area contributed by atoms with Crippen LogP contribution in [0.25, 0.3) is 5.69 Å². The molecule has 0 bridgehead atoms. The van der Waals surface area contributed by atoms with Crippen LogP contribution in [-0.4, -0.2) is 27.7 Å². The van der Waals surface area contributed by atoms with Crippen LogP contribution in [0, 0.1) is 0 Å². The van der Waals surface area contributed by atoms with E-state index in [4.69, 9.17) is 9.72 Å². The van der Waals surface area contributed by atoms with E-state index in [9.17, 15) is 4.79 Å². The summed E-state index contributed by atoms with van der Waals surface area (Å²) in [6.45, 7) is 4.77.